The average molecular weight is 416 g/mol. The molecule has 29 heavy (non-hydrogen) atoms. The van der Waals surface area contributed by atoms with E-state index in [0.29, 0.717) is 18.9 Å². The number of aliphatic hydroxyl groups is 1. The summed E-state index contributed by atoms with van der Waals surface area (Å²) in [7, 11) is -3.29. The van der Waals surface area contributed by atoms with Gasteiger partial charge in [-0.1, -0.05) is 0 Å². The van der Waals surface area contributed by atoms with Gasteiger partial charge in [-0.3, -0.25) is 0 Å². The molecule has 0 bridgehead atoms. The number of sulfonamides is 1. The van der Waals surface area contributed by atoms with Crippen molar-refractivity contribution >= 4 is 32.0 Å². The molecule has 0 spiro atoms. The zero-order chi connectivity index (χ0) is 20.0. The van der Waals surface area contributed by atoms with Crippen LogP contribution in [0.15, 0.2) is 24.8 Å². The van der Waals surface area contributed by atoms with Gasteiger partial charge in [0.15, 0.2) is 5.65 Å². The maximum absolute atomic E-state index is 12.7. The molecule has 2 N–H and O–H groups in total. The molecule has 0 aromatic carbocycles. The van der Waals surface area contributed by atoms with Gasteiger partial charge in [0.1, 0.15) is 0 Å². The molecule has 0 amide bonds. The van der Waals surface area contributed by atoms with Gasteiger partial charge in [0.25, 0.3) is 0 Å². The Morgan fingerprint density at radius 3 is 2.72 bits per heavy atom. The number of aromatic amines is 1. The molecule has 1 atom stereocenters. The summed E-state index contributed by atoms with van der Waals surface area (Å²) >= 11 is 0. The van der Waals surface area contributed by atoms with Crippen molar-refractivity contribution < 1.29 is 13.5 Å². The monoisotopic (exact) mass is 415 g/mol. The summed E-state index contributed by atoms with van der Waals surface area (Å²) in [6.45, 7) is 0.682. The van der Waals surface area contributed by atoms with E-state index in [9.17, 15) is 13.5 Å². The van der Waals surface area contributed by atoms with E-state index in [1.807, 2.05) is 6.07 Å². The predicted molar refractivity (Wildman–Crippen MR) is 110 cm³/mol. The number of aromatic nitrogens is 4. The van der Waals surface area contributed by atoms with E-state index in [1.165, 1.54) is 4.31 Å². The summed E-state index contributed by atoms with van der Waals surface area (Å²) in [6, 6.07) is 1.98. The number of β-amino-alcohol motifs (C(OH)–C–C–N with tert-alkyl or cyclic N) is 1. The third kappa shape index (κ3) is 3.51. The van der Waals surface area contributed by atoms with E-state index in [4.69, 9.17) is 0 Å². The molecule has 1 unspecified atom stereocenters. The van der Waals surface area contributed by atoms with E-state index in [0.717, 1.165) is 53.3 Å². The Hall–Kier alpha value is -2.10. The first kappa shape index (κ1) is 18.9. The highest BCUT2D eigenvalue weighted by Crippen LogP contribution is 2.39. The molecule has 2 aliphatic rings. The van der Waals surface area contributed by atoms with Crippen LogP contribution in [0.1, 0.15) is 43.7 Å². The maximum Gasteiger partial charge on any atom is 0.214 e. The molecule has 3 aromatic heterocycles. The van der Waals surface area contributed by atoms with Gasteiger partial charge >= 0.3 is 0 Å². The zero-order valence-corrected chi connectivity index (χ0v) is 17.0. The Bertz CT molecular complexity index is 1140. The summed E-state index contributed by atoms with van der Waals surface area (Å²) in [6.07, 6.45) is 8.92. The lowest BCUT2D eigenvalue weighted by atomic mass is 9.80. The standard InChI is InChI=1S/C20H25N5O3S/c26-15-6-8-25(10-15)29(27,28)11-13-1-3-14(4-2-13)19-18-16-5-7-21-20(16)22-9-17(18)23-12-24-19/h5,7,9,12-15,26H,1-4,6,8,10-11H2,(H,23,24). The highest BCUT2D eigenvalue weighted by molar-refractivity contribution is 7.89. The minimum Gasteiger partial charge on any atom is -0.392 e. The van der Waals surface area contributed by atoms with Crippen LogP contribution in [0.25, 0.3) is 21.9 Å². The SMILES string of the molecule is O=S(=O)(CC1CCC(c2[nH]cnc3cnc4nccc4c23)CC1)N1CCC(O)C1. The third-order valence-electron chi connectivity index (χ3n) is 6.43. The van der Waals surface area contributed by atoms with Crippen molar-refractivity contribution in [3.63, 3.8) is 0 Å². The minimum absolute atomic E-state index is 0.171. The average Bonchev–Trinajstić information content (AvgIpc) is 3.37. The van der Waals surface area contributed by atoms with Crippen LogP contribution in [-0.4, -0.2) is 62.7 Å². The molecular weight excluding hydrogens is 390 g/mol. The topological polar surface area (TPSA) is 112 Å². The van der Waals surface area contributed by atoms with Crippen molar-refractivity contribution in [3.05, 3.63) is 30.5 Å². The molecule has 9 heteroatoms. The minimum atomic E-state index is -3.29. The largest absolute Gasteiger partial charge is 0.392 e. The van der Waals surface area contributed by atoms with Crippen LogP contribution >= 0.6 is 0 Å². The highest BCUT2D eigenvalue weighted by atomic mass is 32.2. The van der Waals surface area contributed by atoms with Gasteiger partial charge in [0.2, 0.25) is 10.0 Å². The summed E-state index contributed by atoms with van der Waals surface area (Å²) in [5.74, 6) is 0.701. The fourth-order valence-corrected chi connectivity index (χ4v) is 6.80. The fourth-order valence-electron chi connectivity index (χ4n) is 4.88. The number of rotatable bonds is 4. The number of hydrogen-bond acceptors (Lipinski definition) is 6. The second kappa shape index (κ2) is 7.30. The first-order valence-electron chi connectivity index (χ1n) is 10.2. The quantitative estimate of drug-likeness (QED) is 0.675. The van der Waals surface area contributed by atoms with Crippen molar-refractivity contribution in [1.29, 1.82) is 0 Å². The molecule has 1 aliphatic heterocycles. The van der Waals surface area contributed by atoms with Crippen molar-refractivity contribution in [2.75, 3.05) is 18.8 Å². The van der Waals surface area contributed by atoms with Crippen LogP contribution in [0.5, 0.6) is 0 Å². The second-order valence-electron chi connectivity index (χ2n) is 8.31. The first-order valence-corrected chi connectivity index (χ1v) is 11.8. The lowest BCUT2D eigenvalue weighted by Gasteiger charge is -2.30. The summed E-state index contributed by atoms with van der Waals surface area (Å²) in [5.41, 5.74) is 2.74. The number of fused-ring (bicyclic) bond motifs is 3. The Balaban J connectivity index is 1.33. The smallest absolute Gasteiger partial charge is 0.214 e. The summed E-state index contributed by atoms with van der Waals surface area (Å²) < 4.78 is 26.8. The van der Waals surface area contributed by atoms with Gasteiger partial charge in [-0.25, -0.2) is 23.4 Å². The number of hydrogen-bond donors (Lipinski definition) is 2. The van der Waals surface area contributed by atoms with Crippen molar-refractivity contribution in [1.82, 2.24) is 24.2 Å². The Kier molecular flexibility index (Phi) is 4.76. The van der Waals surface area contributed by atoms with E-state index in [-0.39, 0.29) is 18.2 Å². The van der Waals surface area contributed by atoms with Crippen molar-refractivity contribution in [3.8, 4) is 0 Å². The zero-order valence-electron chi connectivity index (χ0n) is 16.2. The van der Waals surface area contributed by atoms with Gasteiger partial charge in [-0.05, 0) is 50.0 Å². The van der Waals surface area contributed by atoms with E-state index in [1.54, 1.807) is 18.7 Å². The van der Waals surface area contributed by atoms with Gasteiger partial charge in [-0.15, -0.1) is 0 Å². The molecule has 0 radical (unpaired) electrons. The van der Waals surface area contributed by atoms with Crippen LogP contribution in [0.4, 0.5) is 0 Å². The van der Waals surface area contributed by atoms with E-state index >= 15 is 0 Å². The molecule has 1 saturated heterocycles. The number of nitrogens with zero attached hydrogens (tertiary/aromatic N) is 4. The normalized spacial score (nSPS) is 26.4. The molecule has 5 rings (SSSR count). The van der Waals surface area contributed by atoms with E-state index in [2.05, 4.69) is 19.9 Å². The lowest BCUT2D eigenvalue weighted by molar-refractivity contribution is 0.189. The van der Waals surface area contributed by atoms with Gasteiger partial charge in [-0.2, -0.15) is 4.31 Å². The van der Waals surface area contributed by atoms with Crippen LogP contribution in [0.3, 0.4) is 0 Å². The van der Waals surface area contributed by atoms with Gasteiger partial charge < -0.3 is 10.1 Å². The lowest BCUT2D eigenvalue weighted by Crippen LogP contribution is -2.35. The van der Waals surface area contributed by atoms with Crippen LogP contribution < -0.4 is 0 Å². The highest BCUT2D eigenvalue weighted by Gasteiger charge is 2.34. The molecule has 1 saturated carbocycles. The van der Waals surface area contributed by atoms with Crippen LogP contribution in [-0.2, 0) is 10.0 Å². The molecule has 3 aromatic rings. The number of H-pyrrole nitrogens is 1. The second-order valence-corrected chi connectivity index (χ2v) is 10.3. The van der Waals surface area contributed by atoms with Gasteiger partial charge in [0.05, 0.1) is 29.9 Å². The first-order chi connectivity index (χ1) is 14.0. The molecule has 8 nitrogen and oxygen atoms in total. The summed E-state index contributed by atoms with van der Waals surface area (Å²) in [4.78, 5) is 16.5. The molecule has 2 fully saturated rings. The Morgan fingerprint density at radius 2 is 1.97 bits per heavy atom. The third-order valence-corrected chi connectivity index (χ3v) is 8.44. The Morgan fingerprint density at radius 1 is 1.14 bits per heavy atom. The van der Waals surface area contributed by atoms with Crippen molar-refractivity contribution in [2.45, 2.75) is 44.1 Å². The molecular formula is C20H25N5O3S. The predicted octanol–water partition coefficient (Wildman–Crippen LogP) is 2.18. The van der Waals surface area contributed by atoms with E-state index < -0.39 is 16.1 Å². The molecule has 154 valence electrons. The van der Waals surface area contributed by atoms with Crippen LogP contribution in [0.2, 0.25) is 0 Å². The maximum atomic E-state index is 12.7. The molecule has 1 aliphatic carbocycles. The summed E-state index contributed by atoms with van der Waals surface area (Å²) in [5, 5.41) is 11.7. The Labute approximate surface area is 169 Å². The number of nitrogens with one attached hydrogen (secondary N) is 1. The van der Waals surface area contributed by atoms with Gasteiger partial charge in [0, 0.05) is 35.8 Å². The van der Waals surface area contributed by atoms with Crippen molar-refractivity contribution in [2.24, 2.45) is 5.92 Å². The molecule has 4 heterocycles. The number of pyridine rings is 1. The van der Waals surface area contributed by atoms with Crippen LogP contribution in [0, 0.1) is 5.92 Å². The number of aliphatic hydroxyl groups excluding tert-OH is 1. The fraction of sp³-hybridized carbons (Fsp3) is 0.550.